The van der Waals surface area contributed by atoms with Crippen LogP contribution in [-0.2, 0) is 6.54 Å². The van der Waals surface area contributed by atoms with E-state index in [1.807, 2.05) is 0 Å². The van der Waals surface area contributed by atoms with Gasteiger partial charge >= 0.3 is 0 Å². The normalized spacial score (nSPS) is 21.0. The predicted molar refractivity (Wildman–Crippen MR) is 76.2 cm³/mol. The molecule has 0 aromatic heterocycles. The Kier molecular flexibility index (Phi) is 4.28. The molecule has 1 fully saturated rings. The highest BCUT2D eigenvalue weighted by Gasteiger charge is 2.19. The molecular weight excluding hydrogens is 222 g/mol. The number of benzene rings is 1. The molecule has 0 amide bonds. The lowest BCUT2D eigenvalue weighted by atomic mass is 10.00. The zero-order chi connectivity index (χ0) is 13.1. The quantitative estimate of drug-likeness (QED) is 0.807. The summed E-state index contributed by atoms with van der Waals surface area (Å²) in [4.78, 5) is 2.61. The van der Waals surface area contributed by atoms with E-state index in [4.69, 9.17) is 4.74 Å². The lowest BCUT2D eigenvalue weighted by Gasteiger charge is -2.33. The first kappa shape index (κ1) is 13.4. The number of hydrogen-bond acceptors (Lipinski definition) is 2. The van der Waals surface area contributed by atoms with Gasteiger partial charge in [-0.2, -0.15) is 0 Å². The van der Waals surface area contributed by atoms with Crippen molar-refractivity contribution in [3.8, 4) is 5.75 Å². The van der Waals surface area contributed by atoms with Crippen molar-refractivity contribution in [1.29, 1.82) is 0 Å². The second-order valence-corrected chi connectivity index (χ2v) is 5.56. The van der Waals surface area contributed by atoms with E-state index >= 15 is 0 Å². The van der Waals surface area contributed by atoms with Crippen LogP contribution in [0.1, 0.15) is 42.9 Å². The van der Waals surface area contributed by atoms with Crippen molar-refractivity contribution in [2.24, 2.45) is 0 Å². The van der Waals surface area contributed by atoms with Crippen molar-refractivity contribution < 1.29 is 4.74 Å². The number of aryl methyl sites for hydroxylation is 2. The van der Waals surface area contributed by atoms with E-state index in [0.717, 1.165) is 18.3 Å². The number of nitrogens with zero attached hydrogens (tertiary/aromatic N) is 1. The van der Waals surface area contributed by atoms with Crippen molar-refractivity contribution in [2.75, 3.05) is 13.7 Å². The summed E-state index contributed by atoms with van der Waals surface area (Å²) in [7, 11) is 1.74. The van der Waals surface area contributed by atoms with E-state index < -0.39 is 0 Å². The Balaban J connectivity index is 2.15. The van der Waals surface area contributed by atoms with Crippen molar-refractivity contribution in [1.82, 2.24) is 4.90 Å². The molecule has 0 bridgehead atoms. The first-order valence-corrected chi connectivity index (χ1v) is 7.00. The summed E-state index contributed by atoms with van der Waals surface area (Å²) in [5.41, 5.74) is 4.03. The summed E-state index contributed by atoms with van der Waals surface area (Å²) >= 11 is 0. The van der Waals surface area contributed by atoms with Gasteiger partial charge in [-0.05, 0) is 62.9 Å². The Morgan fingerprint density at radius 1 is 1.22 bits per heavy atom. The fourth-order valence-electron chi connectivity index (χ4n) is 2.85. The minimum atomic E-state index is 0.723. The van der Waals surface area contributed by atoms with Crippen LogP contribution in [0.3, 0.4) is 0 Å². The maximum Gasteiger partial charge on any atom is 0.122 e. The van der Waals surface area contributed by atoms with Gasteiger partial charge in [-0.15, -0.1) is 0 Å². The van der Waals surface area contributed by atoms with Crippen LogP contribution in [0.2, 0.25) is 0 Å². The van der Waals surface area contributed by atoms with Gasteiger partial charge in [0.05, 0.1) is 7.11 Å². The Bertz CT molecular complexity index is 414. The van der Waals surface area contributed by atoms with Gasteiger partial charge < -0.3 is 4.74 Å². The van der Waals surface area contributed by atoms with Crippen LogP contribution in [0, 0.1) is 13.8 Å². The van der Waals surface area contributed by atoms with Gasteiger partial charge in [0.1, 0.15) is 5.75 Å². The second kappa shape index (κ2) is 5.75. The van der Waals surface area contributed by atoms with Crippen LogP contribution in [0.4, 0.5) is 0 Å². The van der Waals surface area contributed by atoms with E-state index in [1.54, 1.807) is 7.11 Å². The lowest BCUT2D eigenvalue weighted by molar-refractivity contribution is 0.152. The lowest BCUT2D eigenvalue weighted by Crippen LogP contribution is -2.36. The maximum atomic E-state index is 5.38. The Morgan fingerprint density at radius 2 is 2.00 bits per heavy atom. The Labute approximate surface area is 111 Å². The number of likely N-dealkylation sites (tertiary alicyclic amines) is 1. The molecule has 0 aliphatic carbocycles. The van der Waals surface area contributed by atoms with Gasteiger partial charge in [0.25, 0.3) is 0 Å². The molecular formula is C16H25NO. The molecule has 1 aromatic rings. The van der Waals surface area contributed by atoms with Gasteiger partial charge in [0, 0.05) is 12.6 Å². The summed E-state index contributed by atoms with van der Waals surface area (Å²) in [6.45, 7) is 8.99. The molecule has 0 radical (unpaired) electrons. The van der Waals surface area contributed by atoms with Crippen molar-refractivity contribution in [2.45, 2.75) is 52.6 Å². The zero-order valence-corrected chi connectivity index (χ0v) is 12.1. The molecule has 1 aromatic carbocycles. The molecule has 18 heavy (non-hydrogen) atoms. The average Bonchev–Trinajstić information content (AvgIpc) is 2.36. The molecule has 1 aliphatic rings. The van der Waals surface area contributed by atoms with Gasteiger partial charge in [-0.3, -0.25) is 4.90 Å². The standard InChI is InChI=1S/C16H25NO/c1-12-10-16(18-4)13(2)9-15(12)11-17-8-6-5-7-14(17)3/h9-10,14H,5-8,11H2,1-4H3. The molecule has 100 valence electrons. The average molecular weight is 247 g/mol. The molecule has 1 atom stereocenters. The maximum absolute atomic E-state index is 5.38. The second-order valence-electron chi connectivity index (χ2n) is 5.56. The van der Waals surface area contributed by atoms with E-state index in [1.165, 1.54) is 42.5 Å². The predicted octanol–water partition coefficient (Wildman–Crippen LogP) is 3.69. The number of methoxy groups -OCH3 is 1. The summed E-state index contributed by atoms with van der Waals surface area (Å²) in [5.74, 6) is 1.00. The van der Waals surface area contributed by atoms with E-state index in [9.17, 15) is 0 Å². The van der Waals surface area contributed by atoms with Crippen LogP contribution in [0.25, 0.3) is 0 Å². The van der Waals surface area contributed by atoms with Gasteiger partial charge in [-0.1, -0.05) is 12.5 Å². The highest BCUT2D eigenvalue weighted by Crippen LogP contribution is 2.25. The number of piperidine rings is 1. The van der Waals surface area contributed by atoms with Crippen LogP contribution < -0.4 is 4.74 Å². The molecule has 1 heterocycles. The fourth-order valence-corrected chi connectivity index (χ4v) is 2.85. The van der Waals surface area contributed by atoms with Crippen molar-refractivity contribution in [3.63, 3.8) is 0 Å². The number of ether oxygens (including phenoxy) is 1. The molecule has 1 aliphatic heterocycles. The van der Waals surface area contributed by atoms with Gasteiger partial charge in [0.2, 0.25) is 0 Å². The minimum absolute atomic E-state index is 0.723. The van der Waals surface area contributed by atoms with Crippen LogP contribution in [0.15, 0.2) is 12.1 Å². The third-order valence-electron chi connectivity index (χ3n) is 4.17. The van der Waals surface area contributed by atoms with E-state index in [2.05, 4.69) is 37.8 Å². The smallest absolute Gasteiger partial charge is 0.122 e. The molecule has 0 spiro atoms. The summed E-state index contributed by atoms with van der Waals surface area (Å²) < 4.78 is 5.38. The van der Waals surface area contributed by atoms with Gasteiger partial charge in [0.15, 0.2) is 0 Å². The molecule has 2 rings (SSSR count). The van der Waals surface area contributed by atoms with Crippen LogP contribution >= 0.6 is 0 Å². The third-order valence-corrected chi connectivity index (χ3v) is 4.17. The van der Waals surface area contributed by atoms with E-state index in [-0.39, 0.29) is 0 Å². The van der Waals surface area contributed by atoms with E-state index in [0.29, 0.717) is 0 Å². The van der Waals surface area contributed by atoms with Crippen molar-refractivity contribution in [3.05, 3.63) is 28.8 Å². The molecule has 0 N–H and O–H groups in total. The van der Waals surface area contributed by atoms with Crippen molar-refractivity contribution >= 4 is 0 Å². The minimum Gasteiger partial charge on any atom is -0.496 e. The fraction of sp³-hybridized carbons (Fsp3) is 0.625. The number of rotatable bonds is 3. The molecule has 0 saturated carbocycles. The highest BCUT2D eigenvalue weighted by atomic mass is 16.5. The number of hydrogen-bond donors (Lipinski definition) is 0. The summed E-state index contributed by atoms with van der Waals surface area (Å²) in [6.07, 6.45) is 4.07. The molecule has 1 saturated heterocycles. The van der Waals surface area contributed by atoms with Crippen LogP contribution in [-0.4, -0.2) is 24.6 Å². The third kappa shape index (κ3) is 2.86. The molecule has 2 nitrogen and oxygen atoms in total. The van der Waals surface area contributed by atoms with Gasteiger partial charge in [-0.25, -0.2) is 0 Å². The largest absolute Gasteiger partial charge is 0.496 e. The van der Waals surface area contributed by atoms with Crippen LogP contribution in [0.5, 0.6) is 5.75 Å². The SMILES string of the molecule is COc1cc(C)c(CN2CCCCC2C)cc1C. The molecule has 1 unspecified atom stereocenters. The summed E-state index contributed by atoms with van der Waals surface area (Å²) in [6, 6.07) is 5.18. The zero-order valence-electron chi connectivity index (χ0n) is 12.1. The monoisotopic (exact) mass is 247 g/mol. The Morgan fingerprint density at radius 3 is 2.67 bits per heavy atom. The first-order valence-electron chi connectivity index (χ1n) is 7.00. The highest BCUT2D eigenvalue weighted by molar-refractivity contribution is 5.41. The topological polar surface area (TPSA) is 12.5 Å². The Hall–Kier alpha value is -1.02. The molecule has 2 heteroatoms. The first-order chi connectivity index (χ1) is 8.61. The summed E-state index contributed by atoms with van der Waals surface area (Å²) in [5, 5.41) is 0.